The van der Waals surface area contributed by atoms with Crippen molar-refractivity contribution in [1.29, 1.82) is 0 Å². The molecule has 1 fully saturated rings. The summed E-state index contributed by atoms with van der Waals surface area (Å²) in [6.07, 6.45) is 9.45. The Labute approximate surface area is 153 Å². The fourth-order valence-electron chi connectivity index (χ4n) is 3.81. The van der Waals surface area contributed by atoms with E-state index in [1.807, 2.05) is 35.3 Å². The predicted octanol–water partition coefficient (Wildman–Crippen LogP) is 2.35. The molecule has 6 nitrogen and oxygen atoms in total. The Morgan fingerprint density at radius 1 is 1.44 bits per heavy atom. The maximum absolute atomic E-state index is 12.5. The highest BCUT2D eigenvalue weighted by molar-refractivity contribution is 7.09. The number of piperidine rings is 1. The second-order valence-electron chi connectivity index (χ2n) is 6.98. The van der Waals surface area contributed by atoms with Crippen LogP contribution in [0.25, 0.3) is 0 Å². The Morgan fingerprint density at radius 3 is 2.96 bits per heavy atom. The summed E-state index contributed by atoms with van der Waals surface area (Å²) < 4.78 is 1.86. The van der Waals surface area contributed by atoms with Crippen LogP contribution in [-0.4, -0.2) is 57.7 Å². The van der Waals surface area contributed by atoms with E-state index in [0.29, 0.717) is 18.4 Å². The van der Waals surface area contributed by atoms with E-state index in [1.54, 1.807) is 17.5 Å². The molecule has 3 rings (SSSR count). The number of carbonyl (C=O) groups is 1. The zero-order valence-electron chi connectivity index (χ0n) is 15.3. The summed E-state index contributed by atoms with van der Waals surface area (Å²) in [6.45, 7) is 1.89. The quantitative estimate of drug-likeness (QED) is 0.792. The van der Waals surface area contributed by atoms with E-state index in [9.17, 15) is 4.79 Å². The zero-order chi connectivity index (χ0) is 17.8. The van der Waals surface area contributed by atoms with Gasteiger partial charge < -0.3 is 4.90 Å². The number of hydrogen-bond acceptors (Lipinski definition) is 5. The van der Waals surface area contributed by atoms with Crippen molar-refractivity contribution in [2.75, 3.05) is 27.2 Å². The van der Waals surface area contributed by atoms with Gasteiger partial charge in [0, 0.05) is 62.9 Å². The second kappa shape index (κ2) is 8.10. The van der Waals surface area contributed by atoms with Crippen LogP contribution in [-0.2, 0) is 18.3 Å². The summed E-state index contributed by atoms with van der Waals surface area (Å²) in [7, 11) is 6.06. The zero-order valence-corrected chi connectivity index (χ0v) is 16.1. The van der Waals surface area contributed by atoms with Crippen molar-refractivity contribution in [3.05, 3.63) is 34.5 Å². The van der Waals surface area contributed by atoms with Gasteiger partial charge in [-0.25, -0.2) is 4.98 Å². The first kappa shape index (κ1) is 18.1. The monoisotopic (exact) mass is 361 g/mol. The molecule has 1 amide bonds. The summed E-state index contributed by atoms with van der Waals surface area (Å²) >= 11 is 1.61. The Morgan fingerprint density at radius 2 is 2.28 bits per heavy atom. The van der Waals surface area contributed by atoms with Gasteiger partial charge in [0.25, 0.3) is 0 Å². The number of amides is 1. The highest BCUT2D eigenvalue weighted by Crippen LogP contribution is 2.35. The number of likely N-dealkylation sites (tertiary alicyclic amines) is 1. The topological polar surface area (TPSA) is 54.3 Å². The summed E-state index contributed by atoms with van der Waals surface area (Å²) in [5.41, 5.74) is 1.25. The Balaban J connectivity index is 1.61. The largest absolute Gasteiger partial charge is 0.345 e. The van der Waals surface area contributed by atoms with Gasteiger partial charge in [-0.2, -0.15) is 5.10 Å². The van der Waals surface area contributed by atoms with E-state index in [-0.39, 0.29) is 5.91 Å². The number of rotatable bonds is 6. The van der Waals surface area contributed by atoms with E-state index in [4.69, 9.17) is 0 Å². The summed E-state index contributed by atoms with van der Waals surface area (Å²) in [6, 6.07) is 0.330. The van der Waals surface area contributed by atoms with Crippen LogP contribution in [0.3, 0.4) is 0 Å². The van der Waals surface area contributed by atoms with E-state index < -0.39 is 0 Å². The van der Waals surface area contributed by atoms with Crippen molar-refractivity contribution >= 4 is 17.2 Å². The Hall–Kier alpha value is -1.73. The first-order valence-electron chi connectivity index (χ1n) is 8.85. The average molecular weight is 362 g/mol. The molecule has 0 saturated carbocycles. The molecule has 7 heteroatoms. The van der Waals surface area contributed by atoms with E-state index >= 15 is 0 Å². The normalized spacial score (nSPS) is 21.4. The van der Waals surface area contributed by atoms with E-state index in [2.05, 4.69) is 28.2 Å². The van der Waals surface area contributed by atoms with Crippen molar-refractivity contribution < 1.29 is 4.79 Å². The predicted molar refractivity (Wildman–Crippen MR) is 99.4 cm³/mol. The summed E-state index contributed by atoms with van der Waals surface area (Å²) in [4.78, 5) is 21.1. The van der Waals surface area contributed by atoms with Crippen molar-refractivity contribution in [2.45, 2.75) is 31.7 Å². The highest BCUT2D eigenvalue weighted by atomic mass is 32.1. The third kappa shape index (κ3) is 4.46. The van der Waals surface area contributed by atoms with Gasteiger partial charge in [-0.05, 0) is 32.4 Å². The lowest BCUT2D eigenvalue weighted by atomic mass is 9.85. The number of thiazole rings is 1. The van der Waals surface area contributed by atoms with Crippen LogP contribution in [0, 0.1) is 5.92 Å². The minimum atomic E-state index is 0.202. The lowest BCUT2D eigenvalue weighted by molar-refractivity contribution is -0.131. The molecule has 1 aliphatic rings. The van der Waals surface area contributed by atoms with Gasteiger partial charge >= 0.3 is 0 Å². The van der Waals surface area contributed by atoms with Crippen LogP contribution in [0.5, 0.6) is 0 Å². The standard InChI is InChI=1S/C18H27N5OS/c1-21-9-4-5-14(18(21)15-11-20-23(3)13-15)12-22(2)17(24)7-6-16-19-8-10-25-16/h8,10-11,13-14,18H,4-7,9,12H2,1-3H3/t14-,18+/m0/s1. The highest BCUT2D eigenvalue weighted by Gasteiger charge is 2.32. The van der Waals surface area contributed by atoms with Crippen molar-refractivity contribution in [1.82, 2.24) is 24.6 Å². The van der Waals surface area contributed by atoms with Crippen LogP contribution >= 0.6 is 11.3 Å². The van der Waals surface area contributed by atoms with Gasteiger partial charge in [-0.1, -0.05) is 0 Å². The fourth-order valence-corrected chi connectivity index (χ4v) is 4.43. The van der Waals surface area contributed by atoms with Crippen LogP contribution in [0.1, 0.15) is 35.9 Å². The Kier molecular flexibility index (Phi) is 5.86. The van der Waals surface area contributed by atoms with E-state index in [0.717, 1.165) is 30.9 Å². The van der Waals surface area contributed by atoms with Gasteiger partial charge in [-0.3, -0.25) is 14.4 Å². The minimum absolute atomic E-state index is 0.202. The second-order valence-corrected chi connectivity index (χ2v) is 7.95. The smallest absolute Gasteiger partial charge is 0.222 e. The first-order chi connectivity index (χ1) is 12.0. The molecule has 0 aromatic carbocycles. The van der Waals surface area contributed by atoms with E-state index in [1.165, 1.54) is 12.0 Å². The van der Waals surface area contributed by atoms with Gasteiger partial charge in [0.05, 0.1) is 11.2 Å². The SMILES string of the molecule is CN(C[C@@H]1CCCN(C)[C@H]1c1cnn(C)c1)C(=O)CCc1nccs1. The maximum Gasteiger partial charge on any atom is 0.222 e. The number of aromatic nitrogens is 3. The molecule has 1 aliphatic heterocycles. The summed E-state index contributed by atoms with van der Waals surface area (Å²) in [5, 5.41) is 7.33. The first-order valence-corrected chi connectivity index (χ1v) is 9.73. The molecule has 0 aliphatic carbocycles. The molecule has 136 valence electrons. The molecule has 3 heterocycles. The molecule has 0 spiro atoms. The van der Waals surface area contributed by atoms with Gasteiger partial charge in [0.15, 0.2) is 0 Å². The van der Waals surface area contributed by atoms with Crippen LogP contribution in [0.4, 0.5) is 0 Å². The lowest BCUT2D eigenvalue weighted by Crippen LogP contribution is -2.42. The maximum atomic E-state index is 12.5. The minimum Gasteiger partial charge on any atom is -0.345 e. The van der Waals surface area contributed by atoms with Crippen molar-refractivity contribution in [2.24, 2.45) is 13.0 Å². The third-order valence-electron chi connectivity index (χ3n) is 5.04. The molecule has 0 radical (unpaired) electrons. The van der Waals surface area contributed by atoms with Gasteiger partial charge in [0.2, 0.25) is 5.91 Å². The number of carbonyl (C=O) groups excluding carboxylic acids is 1. The van der Waals surface area contributed by atoms with Crippen LogP contribution in [0.2, 0.25) is 0 Å². The lowest BCUT2D eigenvalue weighted by Gasteiger charge is -2.40. The van der Waals surface area contributed by atoms with Gasteiger partial charge in [-0.15, -0.1) is 11.3 Å². The Bertz CT molecular complexity index is 683. The number of aryl methyl sites for hydroxylation is 2. The summed E-state index contributed by atoms with van der Waals surface area (Å²) in [5.74, 6) is 0.644. The fraction of sp³-hybridized carbons (Fsp3) is 0.611. The van der Waals surface area contributed by atoms with Crippen LogP contribution in [0.15, 0.2) is 24.0 Å². The van der Waals surface area contributed by atoms with Crippen molar-refractivity contribution in [3.63, 3.8) is 0 Å². The molecule has 2 aromatic heterocycles. The molecule has 1 saturated heterocycles. The molecule has 2 aromatic rings. The van der Waals surface area contributed by atoms with Crippen LogP contribution < -0.4 is 0 Å². The molecule has 2 atom stereocenters. The molecule has 25 heavy (non-hydrogen) atoms. The van der Waals surface area contributed by atoms with Gasteiger partial charge in [0.1, 0.15) is 0 Å². The molecule has 0 unspecified atom stereocenters. The molecular weight excluding hydrogens is 334 g/mol. The molecule has 0 N–H and O–H groups in total. The number of hydrogen-bond donors (Lipinski definition) is 0. The average Bonchev–Trinajstić information content (AvgIpc) is 3.24. The molecular formula is C18H27N5OS. The third-order valence-corrected chi connectivity index (χ3v) is 5.88. The number of nitrogens with zero attached hydrogens (tertiary/aromatic N) is 5. The van der Waals surface area contributed by atoms with Crippen molar-refractivity contribution in [3.8, 4) is 0 Å². The molecule has 0 bridgehead atoms.